The maximum Gasteiger partial charge on any atom is 0.230 e. The highest BCUT2D eigenvalue weighted by Gasteiger charge is 2.24. The minimum Gasteiger partial charge on any atom is -0.494 e. The van der Waals surface area contributed by atoms with Crippen molar-refractivity contribution in [2.75, 3.05) is 0 Å². The second-order valence-electron chi connectivity index (χ2n) is 4.77. The molecule has 0 aliphatic heterocycles. The Bertz CT molecular complexity index is 847. The highest BCUT2D eigenvalue weighted by atomic mass is 16.3. The van der Waals surface area contributed by atoms with E-state index in [-0.39, 0.29) is 23.1 Å². The van der Waals surface area contributed by atoms with Crippen LogP contribution in [-0.2, 0) is 0 Å². The minimum atomic E-state index is -0.337. The van der Waals surface area contributed by atoms with Gasteiger partial charge in [0.25, 0.3) is 0 Å². The van der Waals surface area contributed by atoms with Crippen LogP contribution in [0.1, 0.15) is 27.6 Å². The van der Waals surface area contributed by atoms with Crippen LogP contribution >= 0.6 is 0 Å². The molecule has 3 aromatic rings. The molecule has 0 spiro atoms. The van der Waals surface area contributed by atoms with Crippen molar-refractivity contribution in [3.05, 3.63) is 65.7 Å². The smallest absolute Gasteiger partial charge is 0.230 e. The van der Waals surface area contributed by atoms with E-state index in [1.807, 2.05) is 6.07 Å². The van der Waals surface area contributed by atoms with Crippen LogP contribution < -0.4 is 0 Å². The van der Waals surface area contributed by atoms with Crippen molar-refractivity contribution in [2.45, 2.75) is 6.92 Å². The molecule has 0 aliphatic carbocycles. The number of carbonyl (C=O) groups excluding carboxylic acids is 2. The summed E-state index contributed by atoms with van der Waals surface area (Å²) in [5, 5.41) is 10.9. The predicted octanol–water partition coefficient (Wildman–Crippen LogP) is 3.24. The second-order valence-corrected chi connectivity index (χ2v) is 4.77. The van der Waals surface area contributed by atoms with E-state index in [0.29, 0.717) is 16.5 Å². The lowest BCUT2D eigenvalue weighted by Gasteiger charge is -2.02. The largest absolute Gasteiger partial charge is 0.494 e. The number of ketones is 1. The van der Waals surface area contributed by atoms with E-state index in [0.717, 1.165) is 4.57 Å². The third-order valence-electron chi connectivity index (χ3n) is 3.43. The van der Waals surface area contributed by atoms with Crippen molar-refractivity contribution < 1.29 is 14.7 Å². The van der Waals surface area contributed by atoms with Crippen LogP contribution in [-0.4, -0.2) is 21.4 Å². The van der Waals surface area contributed by atoms with Gasteiger partial charge < -0.3 is 5.11 Å². The molecule has 0 amide bonds. The number of nitrogens with zero attached hydrogens (tertiary/aromatic N) is 1. The Hall–Kier alpha value is -2.88. The first kappa shape index (κ1) is 13.1. The van der Waals surface area contributed by atoms with Crippen molar-refractivity contribution >= 4 is 22.6 Å². The summed E-state index contributed by atoms with van der Waals surface area (Å²) in [6, 6.07) is 15.7. The molecule has 1 heterocycles. The first-order valence-corrected chi connectivity index (χ1v) is 6.54. The number of benzene rings is 2. The van der Waals surface area contributed by atoms with E-state index < -0.39 is 0 Å². The lowest BCUT2D eigenvalue weighted by molar-refractivity contribution is 0.0933. The van der Waals surface area contributed by atoms with E-state index in [9.17, 15) is 14.7 Å². The first-order chi connectivity index (χ1) is 10.1. The molecule has 0 saturated carbocycles. The summed E-state index contributed by atoms with van der Waals surface area (Å²) in [5.41, 5.74) is 1.16. The summed E-state index contributed by atoms with van der Waals surface area (Å²) < 4.78 is 1.16. The fraction of sp³-hybridized carbons (Fsp3) is 0.0588. The van der Waals surface area contributed by atoms with Crippen LogP contribution in [0, 0.1) is 0 Å². The van der Waals surface area contributed by atoms with Crippen LogP contribution in [0.2, 0.25) is 0 Å². The fourth-order valence-electron chi connectivity index (χ4n) is 2.50. The molecule has 0 saturated heterocycles. The van der Waals surface area contributed by atoms with Crippen LogP contribution in [0.4, 0.5) is 0 Å². The number of hydrogen-bond donors (Lipinski definition) is 1. The van der Waals surface area contributed by atoms with Gasteiger partial charge >= 0.3 is 0 Å². The molecule has 3 rings (SSSR count). The maximum absolute atomic E-state index is 12.6. The minimum absolute atomic E-state index is 0.159. The Labute approximate surface area is 121 Å². The third-order valence-corrected chi connectivity index (χ3v) is 3.43. The number of aromatic nitrogens is 1. The summed E-state index contributed by atoms with van der Waals surface area (Å²) in [5.74, 6) is -0.947. The van der Waals surface area contributed by atoms with Crippen molar-refractivity contribution in [3.63, 3.8) is 0 Å². The highest BCUT2D eigenvalue weighted by Crippen LogP contribution is 2.32. The number of fused-ring (bicyclic) bond motifs is 1. The van der Waals surface area contributed by atoms with Crippen molar-refractivity contribution in [2.24, 2.45) is 0 Å². The van der Waals surface area contributed by atoms with Crippen LogP contribution in [0.25, 0.3) is 10.9 Å². The van der Waals surface area contributed by atoms with Gasteiger partial charge in [0.15, 0.2) is 5.78 Å². The van der Waals surface area contributed by atoms with E-state index in [1.54, 1.807) is 48.5 Å². The van der Waals surface area contributed by atoms with Crippen LogP contribution in [0.5, 0.6) is 5.88 Å². The molecule has 0 aliphatic rings. The Kier molecular flexibility index (Phi) is 3.06. The summed E-state index contributed by atoms with van der Waals surface area (Å²) in [7, 11) is 0. The van der Waals surface area contributed by atoms with Gasteiger partial charge in [0.05, 0.1) is 11.1 Å². The number of rotatable bonds is 2. The van der Waals surface area contributed by atoms with Gasteiger partial charge in [-0.15, -0.1) is 0 Å². The zero-order valence-electron chi connectivity index (χ0n) is 11.4. The average Bonchev–Trinajstić information content (AvgIpc) is 2.79. The second kappa shape index (κ2) is 4.90. The van der Waals surface area contributed by atoms with Gasteiger partial charge in [-0.05, 0) is 6.07 Å². The maximum atomic E-state index is 12.6. The van der Waals surface area contributed by atoms with Crippen molar-refractivity contribution in [3.8, 4) is 5.88 Å². The van der Waals surface area contributed by atoms with Crippen LogP contribution in [0.15, 0.2) is 54.6 Å². The van der Waals surface area contributed by atoms with Gasteiger partial charge in [0.1, 0.15) is 0 Å². The van der Waals surface area contributed by atoms with E-state index >= 15 is 0 Å². The predicted molar refractivity (Wildman–Crippen MR) is 79.8 cm³/mol. The molecule has 4 nitrogen and oxygen atoms in total. The lowest BCUT2D eigenvalue weighted by atomic mass is 10.0. The summed E-state index contributed by atoms with van der Waals surface area (Å²) in [4.78, 5) is 24.4. The zero-order chi connectivity index (χ0) is 15.0. The SMILES string of the molecule is CC(=O)n1c(O)c(C(=O)c2ccccc2)c2ccccc21. The lowest BCUT2D eigenvalue weighted by Crippen LogP contribution is -2.06. The molecule has 104 valence electrons. The first-order valence-electron chi connectivity index (χ1n) is 6.54. The monoisotopic (exact) mass is 279 g/mol. The molecular formula is C17H13NO3. The molecular weight excluding hydrogens is 266 g/mol. The molecule has 0 atom stereocenters. The Morgan fingerprint density at radius 3 is 2.24 bits per heavy atom. The molecule has 1 aromatic heterocycles. The standard InChI is InChI=1S/C17H13NO3/c1-11(19)18-14-10-6-5-9-13(14)15(17(18)21)16(20)12-7-3-2-4-8-12/h2-10,21H,1H3. The number of para-hydroxylation sites is 1. The Morgan fingerprint density at radius 1 is 0.952 bits per heavy atom. The number of carbonyl (C=O) groups is 2. The van der Waals surface area contributed by atoms with Gasteiger partial charge in [0.2, 0.25) is 11.8 Å². The topological polar surface area (TPSA) is 59.3 Å². The third kappa shape index (κ3) is 2.01. The molecule has 0 radical (unpaired) electrons. The molecule has 1 N–H and O–H groups in total. The average molecular weight is 279 g/mol. The Morgan fingerprint density at radius 2 is 1.57 bits per heavy atom. The summed E-state index contributed by atoms with van der Waals surface area (Å²) >= 11 is 0. The highest BCUT2D eigenvalue weighted by molar-refractivity contribution is 6.19. The van der Waals surface area contributed by atoms with Gasteiger partial charge in [-0.2, -0.15) is 0 Å². The van der Waals surface area contributed by atoms with Gasteiger partial charge in [0, 0.05) is 17.9 Å². The van der Waals surface area contributed by atoms with Crippen molar-refractivity contribution in [1.29, 1.82) is 0 Å². The quantitative estimate of drug-likeness (QED) is 0.733. The van der Waals surface area contributed by atoms with Crippen molar-refractivity contribution in [1.82, 2.24) is 4.57 Å². The van der Waals surface area contributed by atoms with Gasteiger partial charge in [-0.1, -0.05) is 48.5 Å². The van der Waals surface area contributed by atoms with E-state index in [2.05, 4.69) is 0 Å². The molecule has 4 heteroatoms. The molecule has 2 aromatic carbocycles. The molecule has 0 bridgehead atoms. The van der Waals surface area contributed by atoms with Crippen LogP contribution in [0.3, 0.4) is 0 Å². The van der Waals surface area contributed by atoms with Gasteiger partial charge in [-0.25, -0.2) is 0 Å². The molecule has 21 heavy (non-hydrogen) atoms. The van der Waals surface area contributed by atoms with E-state index in [1.165, 1.54) is 6.92 Å². The Balaban J connectivity index is 2.31. The molecule has 0 fully saturated rings. The fourth-order valence-corrected chi connectivity index (χ4v) is 2.50. The zero-order valence-corrected chi connectivity index (χ0v) is 11.4. The van der Waals surface area contributed by atoms with E-state index in [4.69, 9.17) is 0 Å². The number of aromatic hydroxyl groups is 1. The molecule has 0 unspecified atom stereocenters. The number of hydrogen-bond acceptors (Lipinski definition) is 3. The summed E-state index contributed by atoms with van der Waals surface area (Å²) in [6.45, 7) is 1.35. The van der Waals surface area contributed by atoms with Gasteiger partial charge in [-0.3, -0.25) is 14.2 Å². The summed E-state index contributed by atoms with van der Waals surface area (Å²) in [6.07, 6.45) is 0. The normalized spacial score (nSPS) is 10.7.